The molecule has 0 aliphatic heterocycles. The molecule has 2 aromatic carbocycles. The number of nitrogens with one attached hydrogen (secondary N) is 1. The van der Waals surface area contributed by atoms with Crippen molar-refractivity contribution in [3.63, 3.8) is 0 Å². The second-order valence-electron chi connectivity index (χ2n) is 5.01. The lowest BCUT2D eigenvalue weighted by atomic mass is 10.1. The molecule has 1 N–H and O–H groups in total. The van der Waals surface area contributed by atoms with E-state index in [4.69, 9.17) is 4.74 Å². The minimum absolute atomic E-state index is 0.0298. The zero-order valence-corrected chi connectivity index (χ0v) is 12.6. The molecule has 4 heteroatoms. The van der Waals surface area contributed by atoms with Gasteiger partial charge in [-0.3, -0.25) is 4.79 Å². The van der Waals surface area contributed by atoms with Gasteiger partial charge in [-0.1, -0.05) is 12.1 Å². The van der Waals surface area contributed by atoms with E-state index >= 15 is 0 Å². The van der Waals surface area contributed by atoms with E-state index in [9.17, 15) is 4.79 Å². The average molecular weight is 284 g/mol. The van der Waals surface area contributed by atoms with Crippen molar-refractivity contribution in [2.75, 3.05) is 31.4 Å². The summed E-state index contributed by atoms with van der Waals surface area (Å²) in [7, 11) is 5.59. The minimum atomic E-state index is -0.0298. The fourth-order valence-electron chi connectivity index (χ4n) is 1.98. The molecule has 21 heavy (non-hydrogen) atoms. The maximum absolute atomic E-state index is 12.0. The highest BCUT2D eigenvalue weighted by Gasteiger charge is 2.05. The molecule has 110 valence electrons. The monoisotopic (exact) mass is 284 g/mol. The first-order chi connectivity index (χ1) is 10.1. The molecule has 0 heterocycles. The number of rotatable bonds is 5. The van der Waals surface area contributed by atoms with Gasteiger partial charge in [0.15, 0.2) is 0 Å². The average Bonchev–Trinajstić information content (AvgIpc) is 2.48. The predicted octanol–water partition coefficient (Wildman–Crippen LogP) is 2.94. The van der Waals surface area contributed by atoms with E-state index in [1.54, 1.807) is 7.11 Å². The summed E-state index contributed by atoms with van der Waals surface area (Å²) in [5.74, 6) is 0.760. The molecule has 0 fully saturated rings. The number of hydrogen-bond donors (Lipinski definition) is 1. The number of benzene rings is 2. The molecule has 0 atom stereocenters. The summed E-state index contributed by atoms with van der Waals surface area (Å²) in [6, 6.07) is 15.3. The Morgan fingerprint density at radius 3 is 2.19 bits per heavy atom. The first-order valence-corrected chi connectivity index (χ1v) is 6.78. The molecule has 0 aliphatic rings. The number of nitrogens with zero attached hydrogens (tertiary/aromatic N) is 1. The Morgan fingerprint density at radius 2 is 1.67 bits per heavy atom. The highest BCUT2D eigenvalue weighted by Crippen LogP contribution is 2.16. The lowest BCUT2D eigenvalue weighted by molar-refractivity contribution is -0.115. The lowest BCUT2D eigenvalue weighted by Gasteiger charge is -2.13. The van der Waals surface area contributed by atoms with Crippen molar-refractivity contribution >= 4 is 17.3 Å². The van der Waals surface area contributed by atoms with Crippen LogP contribution in [0.2, 0.25) is 0 Å². The second-order valence-corrected chi connectivity index (χ2v) is 5.01. The Hall–Kier alpha value is -2.49. The van der Waals surface area contributed by atoms with Gasteiger partial charge in [-0.2, -0.15) is 0 Å². The smallest absolute Gasteiger partial charge is 0.228 e. The first-order valence-electron chi connectivity index (χ1n) is 6.78. The fraction of sp³-hybridized carbons (Fsp3) is 0.235. The molecule has 0 saturated heterocycles. The first kappa shape index (κ1) is 14.9. The van der Waals surface area contributed by atoms with E-state index in [1.165, 1.54) is 0 Å². The van der Waals surface area contributed by atoms with Gasteiger partial charge in [-0.05, 0) is 42.0 Å². The van der Waals surface area contributed by atoms with Gasteiger partial charge in [0.25, 0.3) is 0 Å². The van der Waals surface area contributed by atoms with E-state index in [1.807, 2.05) is 67.5 Å². The molecule has 4 nitrogen and oxygen atoms in total. The molecule has 0 aromatic heterocycles. The molecule has 2 aromatic rings. The Kier molecular flexibility index (Phi) is 4.82. The van der Waals surface area contributed by atoms with E-state index in [2.05, 4.69) is 5.32 Å². The summed E-state index contributed by atoms with van der Waals surface area (Å²) >= 11 is 0. The molecule has 0 bridgehead atoms. The van der Waals surface area contributed by atoms with E-state index in [0.717, 1.165) is 22.7 Å². The molecule has 0 aliphatic carbocycles. The van der Waals surface area contributed by atoms with E-state index in [-0.39, 0.29) is 5.91 Å². The van der Waals surface area contributed by atoms with Gasteiger partial charge < -0.3 is 15.0 Å². The minimum Gasteiger partial charge on any atom is -0.497 e. The van der Waals surface area contributed by atoms with Crippen LogP contribution in [0.5, 0.6) is 5.75 Å². The maximum atomic E-state index is 12.0. The van der Waals surface area contributed by atoms with Crippen LogP contribution in [0.15, 0.2) is 48.5 Å². The summed E-state index contributed by atoms with van der Waals surface area (Å²) in [6.45, 7) is 0. The van der Waals surface area contributed by atoms with Crippen LogP contribution in [0.1, 0.15) is 5.56 Å². The molecule has 0 saturated carbocycles. The van der Waals surface area contributed by atoms with Gasteiger partial charge in [-0.25, -0.2) is 0 Å². The summed E-state index contributed by atoms with van der Waals surface area (Å²) in [6.07, 6.45) is 0.347. The zero-order valence-electron chi connectivity index (χ0n) is 12.6. The largest absolute Gasteiger partial charge is 0.497 e. The lowest BCUT2D eigenvalue weighted by Crippen LogP contribution is -2.14. The molecule has 0 radical (unpaired) electrons. The van der Waals surface area contributed by atoms with Crippen molar-refractivity contribution in [2.24, 2.45) is 0 Å². The van der Waals surface area contributed by atoms with Crippen molar-refractivity contribution < 1.29 is 9.53 Å². The van der Waals surface area contributed by atoms with Crippen molar-refractivity contribution in [3.05, 3.63) is 54.1 Å². The van der Waals surface area contributed by atoms with Gasteiger partial charge >= 0.3 is 0 Å². The standard InChI is InChI=1S/C17H20N2O2/c1-19(2)15-8-6-14(7-9-15)18-17(20)12-13-4-10-16(21-3)11-5-13/h4-11H,12H2,1-3H3,(H,18,20). The van der Waals surface area contributed by atoms with Crippen molar-refractivity contribution in [1.82, 2.24) is 0 Å². The maximum Gasteiger partial charge on any atom is 0.228 e. The zero-order chi connectivity index (χ0) is 15.2. The number of carbonyl (C=O) groups is 1. The van der Waals surface area contributed by atoms with Crippen LogP contribution >= 0.6 is 0 Å². The van der Waals surface area contributed by atoms with Crippen molar-refractivity contribution in [2.45, 2.75) is 6.42 Å². The normalized spacial score (nSPS) is 10.0. The number of amides is 1. The van der Waals surface area contributed by atoms with Crippen LogP contribution in [0.4, 0.5) is 11.4 Å². The van der Waals surface area contributed by atoms with Crippen LogP contribution in [-0.4, -0.2) is 27.1 Å². The van der Waals surface area contributed by atoms with Gasteiger partial charge in [0.1, 0.15) is 5.75 Å². The summed E-state index contributed by atoms with van der Waals surface area (Å²) < 4.78 is 5.10. The summed E-state index contributed by atoms with van der Waals surface area (Å²) in [4.78, 5) is 14.0. The second kappa shape index (κ2) is 6.79. The Bertz CT molecular complexity index is 589. The van der Waals surface area contributed by atoms with Crippen LogP contribution in [-0.2, 0) is 11.2 Å². The number of hydrogen-bond acceptors (Lipinski definition) is 3. The molecule has 2 rings (SSSR count). The van der Waals surface area contributed by atoms with Crippen molar-refractivity contribution in [3.8, 4) is 5.75 Å². The summed E-state index contributed by atoms with van der Waals surface area (Å²) in [5, 5.41) is 2.90. The molecule has 0 unspecified atom stereocenters. The van der Waals surface area contributed by atoms with Gasteiger partial charge in [0.05, 0.1) is 13.5 Å². The highest BCUT2D eigenvalue weighted by molar-refractivity contribution is 5.92. The van der Waals surface area contributed by atoms with Crippen LogP contribution in [0.25, 0.3) is 0 Å². The highest BCUT2D eigenvalue weighted by atomic mass is 16.5. The third-order valence-corrected chi connectivity index (χ3v) is 3.19. The van der Waals surface area contributed by atoms with Gasteiger partial charge in [0.2, 0.25) is 5.91 Å². The summed E-state index contributed by atoms with van der Waals surface area (Å²) in [5.41, 5.74) is 2.86. The van der Waals surface area contributed by atoms with Crippen LogP contribution < -0.4 is 15.0 Å². The topological polar surface area (TPSA) is 41.6 Å². The quantitative estimate of drug-likeness (QED) is 0.918. The predicted molar refractivity (Wildman–Crippen MR) is 86.1 cm³/mol. The Balaban J connectivity index is 1.94. The Morgan fingerprint density at radius 1 is 1.05 bits per heavy atom. The SMILES string of the molecule is COc1ccc(CC(=O)Nc2ccc(N(C)C)cc2)cc1. The van der Waals surface area contributed by atoms with E-state index in [0.29, 0.717) is 6.42 Å². The van der Waals surface area contributed by atoms with Gasteiger partial charge in [0, 0.05) is 25.5 Å². The van der Waals surface area contributed by atoms with E-state index < -0.39 is 0 Å². The fourth-order valence-corrected chi connectivity index (χ4v) is 1.98. The third kappa shape index (κ3) is 4.24. The molecular formula is C17H20N2O2. The van der Waals surface area contributed by atoms with Gasteiger partial charge in [-0.15, -0.1) is 0 Å². The molecule has 0 spiro atoms. The third-order valence-electron chi connectivity index (χ3n) is 3.19. The number of ether oxygens (including phenoxy) is 1. The number of carbonyl (C=O) groups excluding carboxylic acids is 1. The van der Waals surface area contributed by atoms with Crippen LogP contribution in [0, 0.1) is 0 Å². The number of anilines is 2. The van der Waals surface area contributed by atoms with Crippen molar-refractivity contribution in [1.29, 1.82) is 0 Å². The molecule has 1 amide bonds. The van der Waals surface area contributed by atoms with Crippen LogP contribution in [0.3, 0.4) is 0 Å². The molecular weight excluding hydrogens is 264 g/mol. The number of methoxy groups -OCH3 is 1. The Labute approximate surface area is 125 Å².